The van der Waals surface area contributed by atoms with Crippen LogP contribution < -0.4 is 15.5 Å². The Morgan fingerprint density at radius 1 is 1.33 bits per heavy atom. The largest absolute Gasteiger partial charge is 0.396 e. The Balaban J connectivity index is 1.92. The molecule has 1 aliphatic heterocycles. The van der Waals surface area contributed by atoms with Gasteiger partial charge in [-0.1, -0.05) is 13.8 Å². The zero-order valence-corrected chi connectivity index (χ0v) is 16.7. The van der Waals surface area contributed by atoms with Crippen LogP contribution in [0.1, 0.15) is 40.5 Å². The summed E-state index contributed by atoms with van der Waals surface area (Å²) in [5.74, 6) is -0.364. The Kier molecular flexibility index (Phi) is 7.44. The molecule has 2 amide bonds. The smallest absolute Gasteiger partial charge is 0.319 e. The number of aliphatic hydroxyl groups is 1. The lowest BCUT2D eigenvalue weighted by Gasteiger charge is -2.37. The van der Waals surface area contributed by atoms with E-state index in [0.717, 1.165) is 6.42 Å². The van der Waals surface area contributed by atoms with Crippen molar-refractivity contribution in [2.24, 2.45) is 5.41 Å². The van der Waals surface area contributed by atoms with Gasteiger partial charge in [0.25, 0.3) is 0 Å². The van der Waals surface area contributed by atoms with Gasteiger partial charge < -0.3 is 25.4 Å². The first-order chi connectivity index (χ1) is 12.7. The monoisotopic (exact) mass is 381 g/mol. The summed E-state index contributed by atoms with van der Waals surface area (Å²) in [5, 5.41) is 14.4. The van der Waals surface area contributed by atoms with Gasteiger partial charge in [0, 0.05) is 31.9 Å². The highest BCUT2D eigenvalue weighted by atomic mass is 19.1. The van der Waals surface area contributed by atoms with E-state index in [0.29, 0.717) is 37.4 Å². The Hall–Kier alpha value is -1.86. The highest BCUT2D eigenvalue weighted by molar-refractivity contribution is 5.89. The number of anilines is 2. The van der Waals surface area contributed by atoms with Gasteiger partial charge in [-0.2, -0.15) is 0 Å². The van der Waals surface area contributed by atoms with Crippen molar-refractivity contribution in [1.82, 2.24) is 5.32 Å². The molecule has 0 radical (unpaired) electrons. The average Bonchev–Trinajstić information content (AvgIpc) is 2.57. The minimum Gasteiger partial charge on any atom is -0.396 e. The number of morpholine rings is 1. The fraction of sp³-hybridized carbons (Fsp3) is 0.650. The molecule has 0 unspecified atom stereocenters. The number of urea groups is 1. The standard InChI is InChI=1S/C20H32FN3O3/c1-14-11-24(12-15(2)27-14)18-7-6-16(10-17(18)21)23-19(26)22-13-20(3,4)8-5-9-25/h6-7,10,14-15,25H,5,8-9,11-13H2,1-4H3,(H2,22,23,26)/t14-,15-/m1/s1. The summed E-state index contributed by atoms with van der Waals surface area (Å²) < 4.78 is 20.3. The first-order valence-corrected chi connectivity index (χ1v) is 9.56. The molecule has 152 valence electrons. The quantitative estimate of drug-likeness (QED) is 0.677. The molecule has 0 spiro atoms. The number of carbonyl (C=O) groups excluding carboxylic acids is 1. The van der Waals surface area contributed by atoms with Crippen molar-refractivity contribution in [3.8, 4) is 0 Å². The molecule has 2 rings (SSSR count). The molecule has 3 N–H and O–H groups in total. The van der Waals surface area contributed by atoms with Crippen LogP contribution in [-0.4, -0.2) is 49.6 Å². The first-order valence-electron chi connectivity index (χ1n) is 9.56. The molecule has 2 atom stereocenters. The van der Waals surface area contributed by atoms with Crippen molar-refractivity contribution in [3.05, 3.63) is 24.0 Å². The van der Waals surface area contributed by atoms with Crippen LogP contribution in [0, 0.1) is 11.2 Å². The second-order valence-corrected chi connectivity index (χ2v) is 8.13. The van der Waals surface area contributed by atoms with Crippen molar-refractivity contribution in [2.75, 3.05) is 36.5 Å². The summed E-state index contributed by atoms with van der Waals surface area (Å²) in [6.45, 7) is 9.90. The predicted molar refractivity (Wildman–Crippen MR) is 106 cm³/mol. The second kappa shape index (κ2) is 9.37. The Morgan fingerprint density at radius 3 is 2.59 bits per heavy atom. The second-order valence-electron chi connectivity index (χ2n) is 8.13. The van der Waals surface area contributed by atoms with Crippen LogP contribution in [0.25, 0.3) is 0 Å². The van der Waals surface area contributed by atoms with Crippen LogP contribution in [-0.2, 0) is 4.74 Å². The van der Waals surface area contributed by atoms with E-state index in [-0.39, 0.29) is 36.1 Å². The highest BCUT2D eigenvalue weighted by Gasteiger charge is 2.24. The number of benzene rings is 1. The van der Waals surface area contributed by atoms with E-state index in [1.165, 1.54) is 6.07 Å². The van der Waals surface area contributed by atoms with E-state index < -0.39 is 0 Å². The van der Waals surface area contributed by atoms with E-state index in [1.54, 1.807) is 12.1 Å². The number of halogens is 1. The molecule has 1 aromatic rings. The molecule has 0 saturated carbocycles. The third-order valence-corrected chi connectivity index (χ3v) is 4.71. The number of hydrogen-bond acceptors (Lipinski definition) is 4. The minimum absolute atomic E-state index is 0.0471. The third-order valence-electron chi connectivity index (χ3n) is 4.71. The number of carbonyl (C=O) groups is 1. The van der Waals surface area contributed by atoms with Crippen LogP contribution >= 0.6 is 0 Å². The summed E-state index contributed by atoms with van der Waals surface area (Å²) in [6.07, 6.45) is 1.60. The van der Waals surface area contributed by atoms with E-state index in [9.17, 15) is 9.18 Å². The van der Waals surface area contributed by atoms with Gasteiger partial charge in [-0.15, -0.1) is 0 Å². The number of nitrogens with zero attached hydrogens (tertiary/aromatic N) is 1. The molecule has 1 saturated heterocycles. The van der Waals surface area contributed by atoms with Crippen molar-refractivity contribution < 1.29 is 19.0 Å². The zero-order valence-electron chi connectivity index (χ0n) is 16.7. The van der Waals surface area contributed by atoms with Gasteiger partial charge in [-0.05, 0) is 50.3 Å². The minimum atomic E-state index is -0.368. The van der Waals surface area contributed by atoms with Gasteiger partial charge in [0.15, 0.2) is 0 Å². The fourth-order valence-electron chi connectivity index (χ4n) is 3.36. The van der Waals surface area contributed by atoms with Crippen LogP contribution in [0.5, 0.6) is 0 Å². The third kappa shape index (κ3) is 6.66. The number of nitrogens with one attached hydrogen (secondary N) is 2. The number of hydrogen-bond donors (Lipinski definition) is 3. The van der Waals surface area contributed by atoms with Crippen LogP contribution in [0.15, 0.2) is 18.2 Å². The maximum absolute atomic E-state index is 14.6. The zero-order chi connectivity index (χ0) is 20.0. The van der Waals surface area contributed by atoms with Gasteiger partial charge in [0.2, 0.25) is 0 Å². The lowest BCUT2D eigenvalue weighted by molar-refractivity contribution is -0.00539. The number of rotatable bonds is 7. The van der Waals surface area contributed by atoms with Gasteiger partial charge in [0.05, 0.1) is 17.9 Å². The molecule has 0 aliphatic carbocycles. The molecule has 1 fully saturated rings. The van der Waals surface area contributed by atoms with E-state index in [1.807, 2.05) is 32.6 Å². The molecule has 1 heterocycles. The average molecular weight is 381 g/mol. The Morgan fingerprint density at radius 2 is 2.00 bits per heavy atom. The van der Waals surface area contributed by atoms with Gasteiger partial charge >= 0.3 is 6.03 Å². The van der Waals surface area contributed by atoms with E-state index >= 15 is 0 Å². The molecular weight excluding hydrogens is 349 g/mol. The number of amides is 2. The van der Waals surface area contributed by atoms with Crippen molar-refractivity contribution in [2.45, 2.75) is 52.7 Å². The van der Waals surface area contributed by atoms with Gasteiger partial charge in [-0.25, -0.2) is 9.18 Å². The summed E-state index contributed by atoms with van der Waals surface area (Å²) in [5.41, 5.74) is 0.822. The SMILES string of the molecule is C[C@@H]1CN(c2ccc(NC(=O)NCC(C)(C)CCCO)cc2F)C[C@@H](C)O1. The molecule has 1 aromatic carbocycles. The molecular formula is C20H32FN3O3. The van der Waals surface area contributed by atoms with Gasteiger partial charge in [-0.3, -0.25) is 0 Å². The lowest BCUT2D eigenvalue weighted by Crippen LogP contribution is -2.45. The lowest BCUT2D eigenvalue weighted by atomic mass is 9.88. The number of aliphatic hydroxyl groups excluding tert-OH is 1. The topological polar surface area (TPSA) is 73.8 Å². The maximum atomic E-state index is 14.6. The molecule has 27 heavy (non-hydrogen) atoms. The predicted octanol–water partition coefficient (Wildman–Crippen LogP) is 3.36. The van der Waals surface area contributed by atoms with E-state index in [4.69, 9.17) is 9.84 Å². The van der Waals surface area contributed by atoms with E-state index in [2.05, 4.69) is 10.6 Å². The van der Waals surface area contributed by atoms with Crippen LogP contribution in [0.3, 0.4) is 0 Å². The molecule has 6 nitrogen and oxygen atoms in total. The van der Waals surface area contributed by atoms with Crippen molar-refractivity contribution >= 4 is 17.4 Å². The summed E-state index contributed by atoms with van der Waals surface area (Å²) in [7, 11) is 0. The molecule has 0 aromatic heterocycles. The van der Waals surface area contributed by atoms with Gasteiger partial charge in [0.1, 0.15) is 5.82 Å². The fourth-order valence-corrected chi connectivity index (χ4v) is 3.36. The van der Waals surface area contributed by atoms with Crippen molar-refractivity contribution in [1.29, 1.82) is 0 Å². The summed E-state index contributed by atoms with van der Waals surface area (Å²) in [4.78, 5) is 14.1. The first kappa shape index (κ1) is 21.4. The normalized spacial score (nSPS) is 20.4. The molecule has 7 heteroatoms. The summed E-state index contributed by atoms with van der Waals surface area (Å²) in [6, 6.07) is 4.38. The maximum Gasteiger partial charge on any atom is 0.319 e. The summed E-state index contributed by atoms with van der Waals surface area (Å²) >= 11 is 0. The molecule has 0 bridgehead atoms. The number of ether oxygens (including phenoxy) is 1. The Bertz CT molecular complexity index is 629. The van der Waals surface area contributed by atoms with Crippen molar-refractivity contribution in [3.63, 3.8) is 0 Å². The van der Waals surface area contributed by atoms with Crippen LogP contribution in [0.2, 0.25) is 0 Å². The van der Waals surface area contributed by atoms with Crippen LogP contribution in [0.4, 0.5) is 20.6 Å². The molecule has 1 aliphatic rings. The highest BCUT2D eigenvalue weighted by Crippen LogP contribution is 2.26. The Labute approximate surface area is 161 Å².